The van der Waals surface area contributed by atoms with Gasteiger partial charge in [-0.15, -0.1) is 0 Å². The molecule has 1 amide bonds. The third-order valence-corrected chi connectivity index (χ3v) is 6.33. The van der Waals surface area contributed by atoms with Crippen molar-refractivity contribution in [2.24, 2.45) is 14.1 Å². The van der Waals surface area contributed by atoms with Crippen LogP contribution in [0.4, 0.5) is 5.69 Å². The second kappa shape index (κ2) is 7.35. The molecule has 0 saturated heterocycles. The molecule has 8 nitrogen and oxygen atoms in total. The van der Waals surface area contributed by atoms with Gasteiger partial charge in [-0.3, -0.25) is 18.7 Å². The molecule has 3 heterocycles. The Kier molecular flexibility index (Phi) is 4.62. The van der Waals surface area contributed by atoms with Crippen LogP contribution in [0, 0.1) is 0 Å². The van der Waals surface area contributed by atoms with Crippen molar-refractivity contribution in [3.63, 3.8) is 0 Å². The molecule has 0 atom stereocenters. The van der Waals surface area contributed by atoms with E-state index in [1.165, 1.54) is 11.6 Å². The van der Waals surface area contributed by atoms with Crippen molar-refractivity contribution in [1.29, 1.82) is 0 Å². The van der Waals surface area contributed by atoms with Crippen LogP contribution in [0.3, 0.4) is 0 Å². The predicted molar refractivity (Wildman–Crippen MR) is 121 cm³/mol. The molecule has 1 saturated carbocycles. The maximum Gasteiger partial charge on any atom is 0.332 e. The van der Waals surface area contributed by atoms with E-state index < -0.39 is 11.2 Å². The van der Waals surface area contributed by atoms with Crippen molar-refractivity contribution in [2.75, 3.05) is 5.32 Å². The number of imidazole rings is 1. The Hall–Kier alpha value is -3.46. The number of benzene rings is 1. The van der Waals surface area contributed by atoms with Gasteiger partial charge in [-0.05, 0) is 52.9 Å². The number of hydrogen-bond acceptors (Lipinski definition) is 5. The highest BCUT2D eigenvalue weighted by atomic mass is 32.1. The minimum atomic E-state index is -0.439. The molecule has 0 bridgehead atoms. The summed E-state index contributed by atoms with van der Waals surface area (Å²) in [5.41, 5.74) is 2.65. The van der Waals surface area contributed by atoms with E-state index >= 15 is 0 Å². The highest BCUT2D eigenvalue weighted by Gasteiger charge is 2.32. The van der Waals surface area contributed by atoms with Crippen LogP contribution in [-0.2, 0) is 25.4 Å². The molecule has 1 fully saturated rings. The summed E-state index contributed by atoms with van der Waals surface area (Å²) in [4.78, 5) is 42.5. The number of amides is 1. The lowest BCUT2D eigenvalue weighted by atomic mass is 10.1. The topological polar surface area (TPSA) is 90.9 Å². The van der Waals surface area contributed by atoms with Gasteiger partial charge in [0.05, 0.1) is 0 Å². The first-order chi connectivity index (χ1) is 14.9. The summed E-state index contributed by atoms with van der Waals surface area (Å²) in [6.45, 7) is -0.0396. The fourth-order valence-corrected chi connectivity index (χ4v) is 4.46. The van der Waals surface area contributed by atoms with E-state index in [1.807, 2.05) is 29.6 Å². The van der Waals surface area contributed by atoms with Crippen molar-refractivity contribution in [1.82, 2.24) is 18.7 Å². The second-order valence-electron chi connectivity index (χ2n) is 7.85. The summed E-state index contributed by atoms with van der Waals surface area (Å²) in [6.07, 6.45) is 1.92. The normalized spacial score (nSPS) is 13.6. The average molecular weight is 436 g/mol. The monoisotopic (exact) mass is 435 g/mol. The molecule has 0 radical (unpaired) electrons. The Balaban J connectivity index is 1.46. The zero-order valence-corrected chi connectivity index (χ0v) is 18.0. The number of anilines is 1. The number of fused-ring (bicyclic) bond motifs is 1. The molecule has 0 aliphatic heterocycles. The van der Waals surface area contributed by atoms with Gasteiger partial charge in [0.2, 0.25) is 5.91 Å². The van der Waals surface area contributed by atoms with Crippen LogP contribution in [0.25, 0.3) is 22.3 Å². The summed E-state index contributed by atoms with van der Waals surface area (Å²) < 4.78 is 4.09. The van der Waals surface area contributed by atoms with E-state index in [-0.39, 0.29) is 23.9 Å². The number of aryl methyl sites for hydroxylation is 1. The van der Waals surface area contributed by atoms with Gasteiger partial charge in [0.25, 0.3) is 5.56 Å². The third-order valence-electron chi connectivity index (χ3n) is 5.64. The summed E-state index contributed by atoms with van der Waals surface area (Å²) >= 11 is 1.64. The zero-order chi connectivity index (χ0) is 21.7. The first kappa shape index (κ1) is 19.5. The van der Waals surface area contributed by atoms with Crippen LogP contribution < -0.4 is 16.6 Å². The van der Waals surface area contributed by atoms with Gasteiger partial charge in [0.1, 0.15) is 12.4 Å². The van der Waals surface area contributed by atoms with E-state index in [1.54, 1.807) is 23.0 Å². The molecule has 9 heteroatoms. The number of carbonyl (C=O) groups is 1. The number of nitrogens with one attached hydrogen (secondary N) is 1. The Morgan fingerprint density at radius 3 is 2.48 bits per heavy atom. The lowest BCUT2D eigenvalue weighted by molar-refractivity contribution is -0.116. The molecule has 5 rings (SSSR count). The molecule has 31 heavy (non-hydrogen) atoms. The Labute approximate surface area is 181 Å². The molecule has 1 aromatic carbocycles. The highest BCUT2D eigenvalue weighted by molar-refractivity contribution is 7.08. The molecule has 0 unspecified atom stereocenters. The Morgan fingerprint density at radius 1 is 1.10 bits per heavy atom. The number of rotatable bonds is 5. The minimum absolute atomic E-state index is 0.0396. The van der Waals surface area contributed by atoms with Gasteiger partial charge in [0, 0.05) is 25.7 Å². The largest absolute Gasteiger partial charge is 0.332 e. The second-order valence-corrected chi connectivity index (χ2v) is 8.63. The van der Waals surface area contributed by atoms with Crippen molar-refractivity contribution >= 4 is 34.1 Å². The van der Waals surface area contributed by atoms with Gasteiger partial charge in [0.15, 0.2) is 11.2 Å². The number of aromatic nitrogens is 4. The number of carbonyl (C=O) groups excluding carboxylic acids is 1. The standard InChI is InChI=1S/C22H21N5O3S/c1-25-20-18(21(29)26(2)22(25)30)27(19(24-20)14-3-4-14)11-17(28)23-16-7-5-13(6-8-16)15-9-10-31-12-15/h5-10,12,14H,3-4,11H2,1-2H3,(H,23,28). The number of thiophene rings is 1. The van der Waals surface area contributed by atoms with E-state index in [0.717, 1.165) is 28.5 Å². The van der Waals surface area contributed by atoms with Crippen molar-refractivity contribution in [3.8, 4) is 11.1 Å². The van der Waals surface area contributed by atoms with Gasteiger partial charge in [-0.1, -0.05) is 12.1 Å². The zero-order valence-electron chi connectivity index (χ0n) is 17.2. The predicted octanol–water partition coefficient (Wildman–Crippen LogP) is 2.68. The van der Waals surface area contributed by atoms with Gasteiger partial charge < -0.3 is 9.88 Å². The molecular formula is C22H21N5O3S. The van der Waals surface area contributed by atoms with Crippen molar-refractivity contribution < 1.29 is 4.79 Å². The highest BCUT2D eigenvalue weighted by Crippen LogP contribution is 2.40. The fraction of sp³-hybridized carbons (Fsp3) is 0.273. The molecule has 0 spiro atoms. The van der Waals surface area contributed by atoms with Crippen LogP contribution in [0.15, 0.2) is 50.7 Å². The molecule has 1 N–H and O–H groups in total. The van der Waals surface area contributed by atoms with E-state index in [0.29, 0.717) is 17.2 Å². The summed E-state index contributed by atoms with van der Waals surface area (Å²) in [6, 6.07) is 9.70. The van der Waals surface area contributed by atoms with E-state index in [9.17, 15) is 14.4 Å². The number of nitrogens with zero attached hydrogens (tertiary/aromatic N) is 4. The van der Waals surface area contributed by atoms with E-state index in [2.05, 4.69) is 21.7 Å². The van der Waals surface area contributed by atoms with Crippen molar-refractivity contribution in [3.05, 3.63) is 67.8 Å². The number of hydrogen-bond donors (Lipinski definition) is 1. The smallest absolute Gasteiger partial charge is 0.325 e. The summed E-state index contributed by atoms with van der Waals surface area (Å²) in [7, 11) is 3.03. The fourth-order valence-electron chi connectivity index (χ4n) is 3.80. The maximum atomic E-state index is 12.8. The summed E-state index contributed by atoms with van der Waals surface area (Å²) in [5.74, 6) is 0.654. The third kappa shape index (κ3) is 3.40. The first-order valence-electron chi connectivity index (χ1n) is 10.0. The molecule has 1 aliphatic rings. The lowest BCUT2D eigenvalue weighted by Crippen LogP contribution is -2.38. The Morgan fingerprint density at radius 2 is 1.84 bits per heavy atom. The van der Waals surface area contributed by atoms with Crippen molar-refractivity contribution in [2.45, 2.75) is 25.3 Å². The quantitative estimate of drug-likeness (QED) is 0.522. The van der Waals surface area contributed by atoms with Gasteiger partial charge >= 0.3 is 5.69 Å². The lowest BCUT2D eigenvalue weighted by Gasteiger charge is -2.10. The average Bonchev–Trinajstić information content (AvgIpc) is 3.32. The Bertz CT molecular complexity index is 1410. The van der Waals surface area contributed by atoms with Gasteiger partial charge in [-0.25, -0.2) is 9.78 Å². The molecular weight excluding hydrogens is 414 g/mol. The van der Waals surface area contributed by atoms with Crippen LogP contribution in [0.5, 0.6) is 0 Å². The summed E-state index contributed by atoms with van der Waals surface area (Å²) in [5, 5.41) is 7.00. The minimum Gasteiger partial charge on any atom is -0.325 e. The molecule has 3 aromatic heterocycles. The molecule has 4 aromatic rings. The maximum absolute atomic E-state index is 12.8. The van der Waals surface area contributed by atoms with Crippen LogP contribution in [0.2, 0.25) is 0 Å². The molecule has 158 valence electrons. The molecule has 1 aliphatic carbocycles. The first-order valence-corrected chi connectivity index (χ1v) is 11.0. The van der Waals surface area contributed by atoms with E-state index in [4.69, 9.17) is 0 Å². The van der Waals surface area contributed by atoms with Crippen LogP contribution in [0.1, 0.15) is 24.6 Å². The van der Waals surface area contributed by atoms with Gasteiger partial charge in [-0.2, -0.15) is 11.3 Å². The van der Waals surface area contributed by atoms with Crippen LogP contribution >= 0.6 is 11.3 Å². The SMILES string of the molecule is Cn1c(=O)c2c(nc(C3CC3)n2CC(=O)Nc2ccc(-c3ccsc3)cc2)n(C)c1=O. The van der Waals surface area contributed by atoms with Crippen LogP contribution in [-0.4, -0.2) is 24.6 Å².